The Morgan fingerprint density at radius 2 is 1.81 bits per heavy atom. The van der Waals surface area contributed by atoms with Crippen LogP contribution in [0.25, 0.3) is 0 Å². The van der Waals surface area contributed by atoms with Gasteiger partial charge in [-0.2, -0.15) is 0 Å². The molecule has 0 radical (unpaired) electrons. The fraction of sp³-hybridized carbons (Fsp3) is 0.250. The van der Waals surface area contributed by atoms with Crippen molar-refractivity contribution < 1.29 is 17.9 Å². The summed E-state index contributed by atoms with van der Waals surface area (Å²) in [6.45, 7) is 0. The maximum Gasteiger partial charge on any atom is 0.227 e. The van der Waals surface area contributed by atoms with Gasteiger partial charge in [-0.25, -0.2) is 8.42 Å². The van der Waals surface area contributed by atoms with Crippen molar-refractivity contribution in [3.8, 4) is 5.75 Å². The number of hydrogen-bond donors (Lipinski definition) is 0. The number of methoxy groups -OCH3 is 1. The smallest absolute Gasteiger partial charge is 0.227 e. The van der Waals surface area contributed by atoms with Gasteiger partial charge in [-0.3, -0.25) is 4.79 Å². The molecule has 6 heteroatoms. The number of benzene rings is 2. The van der Waals surface area contributed by atoms with E-state index in [-0.39, 0.29) is 11.7 Å². The van der Waals surface area contributed by atoms with Crippen LogP contribution in [-0.2, 0) is 21.1 Å². The first-order valence-corrected chi connectivity index (χ1v) is 10.1. The van der Waals surface area contributed by atoms with Gasteiger partial charge in [0.2, 0.25) is 5.91 Å². The van der Waals surface area contributed by atoms with E-state index in [1.165, 1.54) is 5.41 Å². The standard InChI is InChI=1S/C20H21NO4S/c1-25-19-10-8-17(9-11-19)21(18-13-14-26(23,24)15-18)20(22)12-7-16-5-3-2-4-6-16/h2-6,8-11,13-14,18H,7,12,15H2,1H3/t18-/m1/s1. The normalized spacial score (nSPS) is 17.8. The van der Waals surface area contributed by atoms with Crippen molar-refractivity contribution in [1.82, 2.24) is 0 Å². The van der Waals surface area contributed by atoms with Crippen LogP contribution in [0, 0.1) is 0 Å². The predicted molar refractivity (Wildman–Crippen MR) is 102 cm³/mol. The minimum Gasteiger partial charge on any atom is -0.497 e. The molecule has 1 aliphatic rings. The van der Waals surface area contributed by atoms with Gasteiger partial charge < -0.3 is 9.64 Å². The SMILES string of the molecule is COc1ccc(N(C(=O)CCc2ccccc2)[C@@H]2C=CS(=O)(=O)C2)cc1. The van der Waals surface area contributed by atoms with Gasteiger partial charge in [0, 0.05) is 17.5 Å². The van der Waals surface area contributed by atoms with Crippen molar-refractivity contribution in [2.75, 3.05) is 17.8 Å². The molecule has 0 spiro atoms. The zero-order valence-electron chi connectivity index (χ0n) is 14.5. The molecule has 0 saturated carbocycles. The Labute approximate surface area is 153 Å². The van der Waals surface area contributed by atoms with Gasteiger partial charge in [0.15, 0.2) is 9.84 Å². The summed E-state index contributed by atoms with van der Waals surface area (Å²) in [5, 5.41) is 1.19. The highest BCUT2D eigenvalue weighted by atomic mass is 32.2. The van der Waals surface area contributed by atoms with E-state index in [0.29, 0.717) is 24.3 Å². The molecular weight excluding hydrogens is 350 g/mol. The molecule has 1 atom stereocenters. The van der Waals surface area contributed by atoms with Gasteiger partial charge in [-0.05, 0) is 42.3 Å². The van der Waals surface area contributed by atoms with Crippen LogP contribution in [0.3, 0.4) is 0 Å². The maximum absolute atomic E-state index is 12.9. The van der Waals surface area contributed by atoms with Gasteiger partial charge in [0.05, 0.1) is 18.9 Å². The summed E-state index contributed by atoms with van der Waals surface area (Å²) in [5.41, 5.74) is 1.74. The van der Waals surface area contributed by atoms with Crippen molar-refractivity contribution in [3.63, 3.8) is 0 Å². The number of nitrogens with zero attached hydrogens (tertiary/aromatic N) is 1. The number of rotatable bonds is 6. The van der Waals surface area contributed by atoms with E-state index < -0.39 is 15.9 Å². The molecular formula is C20H21NO4S. The summed E-state index contributed by atoms with van der Waals surface area (Å²) in [4.78, 5) is 14.5. The Balaban J connectivity index is 1.82. The molecule has 0 bridgehead atoms. The molecule has 0 aliphatic carbocycles. The van der Waals surface area contributed by atoms with Gasteiger partial charge in [0.1, 0.15) is 5.75 Å². The molecule has 0 unspecified atom stereocenters. The van der Waals surface area contributed by atoms with Crippen LogP contribution in [-0.4, -0.2) is 33.2 Å². The second-order valence-corrected chi connectivity index (χ2v) is 8.10. The topological polar surface area (TPSA) is 63.7 Å². The highest BCUT2D eigenvalue weighted by Crippen LogP contribution is 2.26. The van der Waals surface area contributed by atoms with Crippen molar-refractivity contribution in [3.05, 3.63) is 71.6 Å². The summed E-state index contributed by atoms with van der Waals surface area (Å²) in [5.74, 6) is 0.488. The van der Waals surface area contributed by atoms with E-state index in [1.807, 2.05) is 30.3 Å². The van der Waals surface area contributed by atoms with E-state index in [4.69, 9.17) is 4.74 Å². The molecule has 136 valence electrons. The minimum atomic E-state index is -3.26. The van der Waals surface area contributed by atoms with Gasteiger partial charge in [-0.1, -0.05) is 30.3 Å². The molecule has 5 nitrogen and oxygen atoms in total. The average molecular weight is 371 g/mol. The average Bonchev–Trinajstić information content (AvgIpc) is 3.01. The molecule has 0 N–H and O–H groups in total. The number of ether oxygens (including phenoxy) is 1. The van der Waals surface area contributed by atoms with Crippen molar-refractivity contribution in [1.29, 1.82) is 0 Å². The summed E-state index contributed by atoms with van der Waals surface area (Å²) in [7, 11) is -1.69. The lowest BCUT2D eigenvalue weighted by Gasteiger charge is -2.28. The molecule has 0 fully saturated rings. The van der Waals surface area contributed by atoms with Crippen LogP contribution in [0.1, 0.15) is 12.0 Å². The van der Waals surface area contributed by atoms with E-state index >= 15 is 0 Å². The molecule has 1 amide bonds. The van der Waals surface area contributed by atoms with Gasteiger partial charge >= 0.3 is 0 Å². The van der Waals surface area contributed by atoms with Crippen LogP contribution in [0.4, 0.5) is 5.69 Å². The Hall–Kier alpha value is -2.60. The zero-order valence-corrected chi connectivity index (χ0v) is 15.4. The number of carbonyl (C=O) groups excluding carboxylic acids is 1. The second kappa shape index (κ2) is 7.74. The summed E-state index contributed by atoms with van der Waals surface area (Å²) in [6, 6.07) is 16.4. The predicted octanol–water partition coefficient (Wildman–Crippen LogP) is 2.97. The first kappa shape index (κ1) is 18.2. The molecule has 2 aromatic carbocycles. The highest BCUT2D eigenvalue weighted by Gasteiger charge is 2.31. The van der Waals surface area contributed by atoms with E-state index in [2.05, 4.69) is 0 Å². The van der Waals surface area contributed by atoms with Crippen molar-refractivity contribution >= 4 is 21.4 Å². The molecule has 1 aliphatic heterocycles. The number of sulfone groups is 1. The van der Waals surface area contributed by atoms with Crippen LogP contribution in [0.2, 0.25) is 0 Å². The van der Waals surface area contributed by atoms with Crippen LogP contribution >= 0.6 is 0 Å². The molecule has 3 rings (SSSR count). The Bertz CT molecular complexity index is 889. The Morgan fingerprint density at radius 3 is 2.38 bits per heavy atom. The number of amides is 1. The van der Waals surface area contributed by atoms with Crippen molar-refractivity contribution in [2.45, 2.75) is 18.9 Å². The van der Waals surface area contributed by atoms with Crippen LogP contribution in [0.5, 0.6) is 5.75 Å². The largest absolute Gasteiger partial charge is 0.497 e. The Morgan fingerprint density at radius 1 is 1.12 bits per heavy atom. The summed E-state index contributed by atoms with van der Waals surface area (Å²) < 4.78 is 28.8. The number of carbonyl (C=O) groups is 1. The highest BCUT2D eigenvalue weighted by molar-refractivity contribution is 7.94. The molecule has 2 aromatic rings. The third kappa shape index (κ3) is 4.32. The van der Waals surface area contributed by atoms with Crippen LogP contribution in [0.15, 0.2) is 66.1 Å². The maximum atomic E-state index is 12.9. The number of hydrogen-bond acceptors (Lipinski definition) is 4. The summed E-state index contributed by atoms with van der Waals surface area (Å²) in [6.07, 6.45) is 2.50. The Kier molecular flexibility index (Phi) is 5.42. The van der Waals surface area contributed by atoms with E-state index in [1.54, 1.807) is 42.4 Å². The fourth-order valence-corrected chi connectivity index (χ4v) is 4.27. The lowest BCUT2D eigenvalue weighted by atomic mass is 10.1. The third-order valence-corrected chi connectivity index (χ3v) is 5.71. The minimum absolute atomic E-state index is 0.0872. The lowest BCUT2D eigenvalue weighted by Crippen LogP contribution is -2.41. The van der Waals surface area contributed by atoms with Gasteiger partial charge in [0.25, 0.3) is 0 Å². The zero-order chi connectivity index (χ0) is 18.6. The number of anilines is 1. The summed E-state index contributed by atoms with van der Waals surface area (Å²) >= 11 is 0. The lowest BCUT2D eigenvalue weighted by molar-refractivity contribution is -0.118. The number of aryl methyl sites for hydroxylation is 1. The van der Waals surface area contributed by atoms with Crippen LogP contribution < -0.4 is 9.64 Å². The van der Waals surface area contributed by atoms with Gasteiger partial charge in [-0.15, -0.1) is 0 Å². The quantitative estimate of drug-likeness (QED) is 0.783. The molecule has 0 saturated heterocycles. The van der Waals surface area contributed by atoms with E-state index in [9.17, 15) is 13.2 Å². The van der Waals surface area contributed by atoms with E-state index in [0.717, 1.165) is 5.56 Å². The molecule has 1 heterocycles. The molecule has 26 heavy (non-hydrogen) atoms. The first-order valence-electron chi connectivity index (χ1n) is 8.39. The monoisotopic (exact) mass is 371 g/mol. The fourth-order valence-electron chi connectivity index (χ4n) is 3.00. The molecule has 0 aromatic heterocycles. The third-order valence-electron chi connectivity index (χ3n) is 4.33. The van der Waals surface area contributed by atoms with Crippen molar-refractivity contribution in [2.24, 2.45) is 0 Å². The first-order chi connectivity index (χ1) is 12.5. The second-order valence-electron chi connectivity index (χ2n) is 6.17.